The summed E-state index contributed by atoms with van der Waals surface area (Å²) in [7, 11) is -1.36. The maximum Gasteiger partial charge on any atom is 0.287 e. The van der Waals surface area contributed by atoms with Crippen molar-refractivity contribution in [2.45, 2.75) is 61.9 Å². The Kier molecular flexibility index (Phi) is 7.85. The van der Waals surface area contributed by atoms with Crippen molar-refractivity contribution in [2.75, 3.05) is 7.05 Å². The smallest absolute Gasteiger partial charge is 0.287 e. The van der Waals surface area contributed by atoms with E-state index in [1.807, 2.05) is 18.2 Å². The Morgan fingerprint density at radius 1 is 0.941 bits per heavy atom. The standard InChI is InChI=1S/C27H32N2O4S/c1-29(23-12-4-2-5-13-23)19-22-11-9-8-10-21(22)18-28-27(30)26-17-16-24(33-26)20-34(31,32)25-14-6-3-7-15-25/h3,6-11,14-17,23H,2,4-5,12-13,18-20H2,1H3,(H,28,30). The van der Waals surface area contributed by atoms with Gasteiger partial charge in [-0.25, -0.2) is 8.42 Å². The second-order valence-corrected chi connectivity index (χ2v) is 11.0. The Morgan fingerprint density at radius 2 is 1.62 bits per heavy atom. The third-order valence-corrected chi connectivity index (χ3v) is 8.15. The summed E-state index contributed by atoms with van der Waals surface area (Å²) in [6, 6.07) is 20.1. The minimum Gasteiger partial charge on any atom is -0.455 e. The molecule has 1 amide bonds. The van der Waals surface area contributed by atoms with Crippen LogP contribution in [0.25, 0.3) is 0 Å². The zero-order chi connectivity index (χ0) is 24.0. The fraction of sp³-hybridized carbons (Fsp3) is 0.370. The number of amides is 1. The molecule has 7 heteroatoms. The number of hydrogen-bond donors (Lipinski definition) is 1. The number of benzene rings is 2. The average molecular weight is 481 g/mol. The fourth-order valence-electron chi connectivity index (χ4n) is 4.54. The van der Waals surface area contributed by atoms with E-state index in [-0.39, 0.29) is 28.1 Å². The lowest BCUT2D eigenvalue weighted by Gasteiger charge is -2.31. The summed E-state index contributed by atoms with van der Waals surface area (Å²) in [6.07, 6.45) is 6.42. The van der Waals surface area contributed by atoms with Crippen LogP contribution in [0.1, 0.15) is 59.5 Å². The normalized spacial score (nSPS) is 14.9. The highest BCUT2D eigenvalue weighted by Crippen LogP contribution is 2.24. The summed E-state index contributed by atoms with van der Waals surface area (Å²) in [5.41, 5.74) is 2.27. The van der Waals surface area contributed by atoms with E-state index in [9.17, 15) is 13.2 Å². The molecule has 1 aliphatic rings. The minimum atomic E-state index is -3.54. The largest absolute Gasteiger partial charge is 0.455 e. The number of rotatable bonds is 9. The third kappa shape index (κ3) is 6.15. The van der Waals surface area contributed by atoms with Gasteiger partial charge in [-0.1, -0.05) is 61.7 Å². The second kappa shape index (κ2) is 11.0. The van der Waals surface area contributed by atoms with Crippen LogP contribution in [0, 0.1) is 0 Å². The molecule has 0 bridgehead atoms. The highest BCUT2D eigenvalue weighted by atomic mass is 32.2. The van der Waals surface area contributed by atoms with E-state index in [0.29, 0.717) is 12.6 Å². The fourth-order valence-corrected chi connectivity index (χ4v) is 5.81. The summed E-state index contributed by atoms with van der Waals surface area (Å²) in [5.74, 6) is -0.307. The number of sulfone groups is 1. The second-order valence-electron chi connectivity index (χ2n) is 9.00. The Balaban J connectivity index is 1.36. The van der Waals surface area contributed by atoms with E-state index in [2.05, 4.69) is 23.3 Å². The van der Waals surface area contributed by atoms with Crippen LogP contribution in [-0.2, 0) is 28.7 Å². The maximum atomic E-state index is 12.7. The van der Waals surface area contributed by atoms with E-state index >= 15 is 0 Å². The molecule has 0 unspecified atom stereocenters. The van der Waals surface area contributed by atoms with Gasteiger partial charge in [0.2, 0.25) is 0 Å². The number of nitrogens with zero attached hydrogens (tertiary/aromatic N) is 1. The lowest BCUT2D eigenvalue weighted by atomic mass is 9.94. The third-order valence-electron chi connectivity index (χ3n) is 6.50. The summed E-state index contributed by atoms with van der Waals surface area (Å²) < 4.78 is 30.7. The molecule has 0 radical (unpaired) electrons. The van der Waals surface area contributed by atoms with Crippen LogP contribution in [0.2, 0.25) is 0 Å². The minimum absolute atomic E-state index is 0.107. The molecule has 0 aliphatic heterocycles. The lowest BCUT2D eigenvalue weighted by molar-refractivity contribution is 0.0921. The van der Waals surface area contributed by atoms with Gasteiger partial charge in [-0.05, 0) is 55.3 Å². The first-order valence-corrected chi connectivity index (χ1v) is 13.5. The van der Waals surface area contributed by atoms with Crippen LogP contribution in [0.3, 0.4) is 0 Å². The number of carbonyl (C=O) groups is 1. The molecule has 1 fully saturated rings. The lowest BCUT2D eigenvalue weighted by Crippen LogP contribution is -2.33. The van der Waals surface area contributed by atoms with Crippen LogP contribution in [0.4, 0.5) is 0 Å². The molecule has 34 heavy (non-hydrogen) atoms. The first kappa shape index (κ1) is 24.2. The van der Waals surface area contributed by atoms with Crippen molar-refractivity contribution < 1.29 is 17.6 Å². The number of carbonyl (C=O) groups excluding carboxylic acids is 1. The summed E-state index contributed by atoms with van der Waals surface area (Å²) in [4.78, 5) is 15.3. The summed E-state index contributed by atoms with van der Waals surface area (Å²) >= 11 is 0. The molecule has 3 aromatic rings. The van der Waals surface area contributed by atoms with Crippen molar-refractivity contribution in [3.8, 4) is 0 Å². The zero-order valence-corrected chi connectivity index (χ0v) is 20.4. The molecule has 180 valence electrons. The molecule has 0 saturated heterocycles. The van der Waals surface area contributed by atoms with E-state index in [1.165, 1.54) is 43.7 Å². The van der Waals surface area contributed by atoms with Crippen molar-refractivity contribution >= 4 is 15.7 Å². The molecule has 1 saturated carbocycles. The number of hydrogen-bond acceptors (Lipinski definition) is 5. The Bertz CT molecular complexity index is 1200. The molecule has 0 atom stereocenters. The van der Waals surface area contributed by atoms with E-state index in [1.54, 1.807) is 36.4 Å². The molecule has 2 aromatic carbocycles. The predicted octanol–water partition coefficient (Wildman–Crippen LogP) is 4.95. The average Bonchev–Trinajstić information content (AvgIpc) is 3.32. The molecule has 6 nitrogen and oxygen atoms in total. The Labute approximate surface area is 201 Å². The Morgan fingerprint density at radius 3 is 2.35 bits per heavy atom. The van der Waals surface area contributed by atoms with Crippen LogP contribution < -0.4 is 5.32 Å². The van der Waals surface area contributed by atoms with Crippen LogP contribution >= 0.6 is 0 Å². The van der Waals surface area contributed by atoms with Crippen molar-refractivity contribution in [1.29, 1.82) is 0 Å². The topological polar surface area (TPSA) is 79.6 Å². The van der Waals surface area contributed by atoms with Gasteiger partial charge in [0.15, 0.2) is 15.6 Å². The van der Waals surface area contributed by atoms with Gasteiger partial charge in [0, 0.05) is 19.1 Å². The van der Waals surface area contributed by atoms with E-state index < -0.39 is 9.84 Å². The van der Waals surface area contributed by atoms with Crippen LogP contribution in [0.5, 0.6) is 0 Å². The maximum absolute atomic E-state index is 12.7. The molecule has 1 N–H and O–H groups in total. The summed E-state index contributed by atoms with van der Waals surface area (Å²) in [5, 5.41) is 2.92. The van der Waals surface area contributed by atoms with Crippen LogP contribution in [0.15, 0.2) is 76.0 Å². The molecule has 4 rings (SSSR count). The van der Waals surface area contributed by atoms with Crippen molar-refractivity contribution in [1.82, 2.24) is 10.2 Å². The first-order valence-electron chi connectivity index (χ1n) is 11.8. The molecule has 1 aromatic heterocycles. The van der Waals surface area contributed by atoms with Gasteiger partial charge in [-0.3, -0.25) is 9.69 Å². The van der Waals surface area contributed by atoms with Gasteiger partial charge < -0.3 is 9.73 Å². The van der Waals surface area contributed by atoms with Gasteiger partial charge in [0.1, 0.15) is 11.5 Å². The highest BCUT2D eigenvalue weighted by molar-refractivity contribution is 7.90. The van der Waals surface area contributed by atoms with E-state index in [4.69, 9.17) is 4.42 Å². The molecular formula is C27H32N2O4S. The zero-order valence-electron chi connectivity index (χ0n) is 19.6. The molecule has 0 spiro atoms. The molecule has 1 heterocycles. The number of nitrogens with one attached hydrogen (secondary N) is 1. The number of furan rings is 1. The monoisotopic (exact) mass is 480 g/mol. The van der Waals surface area contributed by atoms with Crippen molar-refractivity contribution in [2.24, 2.45) is 0 Å². The quantitative estimate of drug-likeness (QED) is 0.469. The van der Waals surface area contributed by atoms with Gasteiger partial charge in [-0.15, -0.1) is 0 Å². The Hall–Kier alpha value is -2.90. The molecule has 1 aliphatic carbocycles. The SMILES string of the molecule is CN(Cc1ccccc1CNC(=O)c1ccc(CS(=O)(=O)c2ccccc2)o1)C1CCCCC1. The molecular weight excluding hydrogens is 448 g/mol. The van der Waals surface area contributed by atoms with Gasteiger partial charge in [0.25, 0.3) is 5.91 Å². The summed E-state index contributed by atoms with van der Waals surface area (Å²) in [6.45, 7) is 1.23. The van der Waals surface area contributed by atoms with Crippen molar-refractivity contribution in [3.63, 3.8) is 0 Å². The van der Waals surface area contributed by atoms with E-state index in [0.717, 1.165) is 12.1 Å². The van der Waals surface area contributed by atoms with Gasteiger partial charge in [-0.2, -0.15) is 0 Å². The van der Waals surface area contributed by atoms with Gasteiger partial charge in [0.05, 0.1) is 4.90 Å². The van der Waals surface area contributed by atoms with Crippen molar-refractivity contribution in [3.05, 3.63) is 89.4 Å². The van der Waals surface area contributed by atoms with Crippen LogP contribution in [-0.4, -0.2) is 32.3 Å². The first-order chi connectivity index (χ1) is 16.4. The van der Waals surface area contributed by atoms with Gasteiger partial charge >= 0.3 is 0 Å². The predicted molar refractivity (Wildman–Crippen MR) is 132 cm³/mol. The highest BCUT2D eigenvalue weighted by Gasteiger charge is 2.20.